The van der Waals surface area contributed by atoms with E-state index in [0.717, 1.165) is 12.0 Å². The summed E-state index contributed by atoms with van der Waals surface area (Å²) in [6.07, 6.45) is 0.145. The molecule has 1 aromatic rings. The van der Waals surface area contributed by atoms with Gasteiger partial charge in [0, 0.05) is 30.5 Å². The van der Waals surface area contributed by atoms with Gasteiger partial charge in [0.15, 0.2) is 0 Å². The Kier molecular flexibility index (Phi) is 6.05. The van der Waals surface area contributed by atoms with E-state index in [2.05, 4.69) is 5.32 Å². The van der Waals surface area contributed by atoms with E-state index in [-0.39, 0.29) is 18.4 Å². The number of nitrogens with zero attached hydrogens (tertiary/aromatic N) is 1. The Labute approximate surface area is 169 Å². The molecule has 0 bridgehead atoms. The standard InChI is InChI=1S/C20H27ClN2O5/c1-20(2,3)28-19(26)23-6-4-13(16(24)11-23)10-22-18(25)15-9-14(21)8-12-5-7-27-17(12)15/h8-9,13,16,24H,4-7,10-11H2,1-3H3,(H,22,25)/t13-,16-/m1/s1. The second-order valence-corrected chi connectivity index (χ2v) is 8.73. The van der Waals surface area contributed by atoms with Gasteiger partial charge >= 0.3 is 6.09 Å². The molecule has 0 saturated carbocycles. The summed E-state index contributed by atoms with van der Waals surface area (Å²) in [4.78, 5) is 26.3. The molecule has 2 amide bonds. The molecule has 1 saturated heterocycles. The predicted octanol–water partition coefficient (Wildman–Crippen LogP) is 2.62. The molecule has 2 aliphatic heterocycles. The quantitative estimate of drug-likeness (QED) is 0.799. The third-order valence-electron chi connectivity index (χ3n) is 4.89. The fourth-order valence-corrected chi connectivity index (χ4v) is 3.71. The molecule has 154 valence electrons. The van der Waals surface area contributed by atoms with Crippen LogP contribution in [0.1, 0.15) is 43.1 Å². The average molecular weight is 411 g/mol. The molecule has 2 N–H and O–H groups in total. The number of carbonyl (C=O) groups excluding carboxylic acids is 2. The molecule has 0 aliphatic carbocycles. The van der Waals surface area contributed by atoms with Crippen molar-refractivity contribution >= 4 is 23.6 Å². The van der Waals surface area contributed by atoms with Crippen molar-refractivity contribution < 1.29 is 24.2 Å². The molecule has 1 fully saturated rings. The summed E-state index contributed by atoms with van der Waals surface area (Å²) in [5.41, 5.74) is 0.774. The number of hydrogen-bond donors (Lipinski definition) is 2. The number of ether oxygens (including phenoxy) is 2. The first-order valence-electron chi connectivity index (χ1n) is 9.53. The third-order valence-corrected chi connectivity index (χ3v) is 5.11. The van der Waals surface area contributed by atoms with Gasteiger partial charge in [0.2, 0.25) is 0 Å². The lowest BCUT2D eigenvalue weighted by Crippen LogP contribution is -2.50. The summed E-state index contributed by atoms with van der Waals surface area (Å²) in [5, 5.41) is 13.8. The first-order valence-corrected chi connectivity index (χ1v) is 9.91. The molecule has 28 heavy (non-hydrogen) atoms. The van der Waals surface area contributed by atoms with Crippen LogP contribution in [0.15, 0.2) is 12.1 Å². The molecular formula is C20H27ClN2O5. The highest BCUT2D eigenvalue weighted by molar-refractivity contribution is 6.31. The minimum Gasteiger partial charge on any atom is -0.492 e. The van der Waals surface area contributed by atoms with E-state index in [4.69, 9.17) is 21.1 Å². The Bertz CT molecular complexity index is 762. The van der Waals surface area contributed by atoms with Crippen LogP contribution >= 0.6 is 11.6 Å². The molecule has 0 radical (unpaired) electrons. The van der Waals surface area contributed by atoms with Crippen LogP contribution in [-0.4, -0.2) is 60.0 Å². The van der Waals surface area contributed by atoms with E-state index < -0.39 is 17.8 Å². The number of likely N-dealkylation sites (tertiary alicyclic amines) is 1. The second-order valence-electron chi connectivity index (χ2n) is 8.29. The molecule has 2 aliphatic rings. The van der Waals surface area contributed by atoms with Gasteiger partial charge < -0.3 is 24.8 Å². The van der Waals surface area contributed by atoms with Crippen LogP contribution in [0.5, 0.6) is 5.75 Å². The number of nitrogens with one attached hydrogen (secondary N) is 1. The van der Waals surface area contributed by atoms with Gasteiger partial charge in [-0.2, -0.15) is 0 Å². The van der Waals surface area contributed by atoms with Crippen LogP contribution in [0, 0.1) is 5.92 Å². The smallest absolute Gasteiger partial charge is 0.410 e. The maximum atomic E-state index is 12.6. The number of carbonyl (C=O) groups is 2. The third kappa shape index (κ3) is 4.89. The van der Waals surface area contributed by atoms with Crippen LogP contribution in [0.4, 0.5) is 4.79 Å². The summed E-state index contributed by atoms with van der Waals surface area (Å²) < 4.78 is 10.9. The zero-order valence-electron chi connectivity index (χ0n) is 16.5. The van der Waals surface area contributed by atoms with E-state index in [1.54, 1.807) is 26.8 Å². The molecule has 0 unspecified atom stereocenters. The minimum absolute atomic E-state index is 0.143. The lowest BCUT2D eigenvalue weighted by Gasteiger charge is -2.36. The first-order chi connectivity index (χ1) is 13.1. The van der Waals surface area contributed by atoms with E-state index in [1.807, 2.05) is 6.07 Å². The average Bonchev–Trinajstić information content (AvgIpc) is 3.06. The number of fused-ring (bicyclic) bond motifs is 1. The molecule has 1 aromatic carbocycles. The normalized spacial score (nSPS) is 21.7. The van der Waals surface area contributed by atoms with Crippen LogP contribution in [0.3, 0.4) is 0 Å². The molecular weight excluding hydrogens is 384 g/mol. The van der Waals surface area contributed by atoms with Crippen molar-refractivity contribution in [3.8, 4) is 5.75 Å². The molecule has 8 heteroatoms. The topological polar surface area (TPSA) is 88.1 Å². The lowest BCUT2D eigenvalue weighted by molar-refractivity contribution is -0.0122. The van der Waals surface area contributed by atoms with Crippen molar-refractivity contribution in [2.24, 2.45) is 5.92 Å². The summed E-state index contributed by atoms with van der Waals surface area (Å²) in [5.74, 6) is 0.167. The highest BCUT2D eigenvalue weighted by atomic mass is 35.5. The van der Waals surface area contributed by atoms with Gasteiger partial charge in [-0.1, -0.05) is 11.6 Å². The SMILES string of the molecule is CC(C)(C)OC(=O)N1CC[C@H](CNC(=O)c2cc(Cl)cc3c2OCC3)[C@H](O)C1. The van der Waals surface area contributed by atoms with E-state index in [1.165, 1.54) is 4.90 Å². The molecule has 2 heterocycles. The highest BCUT2D eigenvalue weighted by Crippen LogP contribution is 2.32. The Morgan fingerprint density at radius 2 is 2.14 bits per heavy atom. The molecule has 0 spiro atoms. The maximum Gasteiger partial charge on any atom is 0.410 e. The van der Waals surface area contributed by atoms with Crippen LogP contribution in [0.25, 0.3) is 0 Å². The van der Waals surface area contributed by atoms with Crippen molar-refractivity contribution in [1.29, 1.82) is 0 Å². The number of halogens is 1. The molecule has 7 nitrogen and oxygen atoms in total. The number of amides is 2. The minimum atomic E-state index is -0.733. The Hall–Kier alpha value is -1.99. The van der Waals surface area contributed by atoms with Gasteiger partial charge in [0.25, 0.3) is 5.91 Å². The van der Waals surface area contributed by atoms with E-state index in [9.17, 15) is 14.7 Å². The van der Waals surface area contributed by atoms with Gasteiger partial charge in [-0.05, 0) is 44.9 Å². The van der Waals surface area contributed by atoms with Gasteiger partial charge in [-0.3, -0.25) is 4.79 Å². The van der Waals surface area contributed by atoms with Gasteiger partial charge in [-0.15, -0.1) is 0 Å². The van der Waals surface area contributed by atoms with Crippen molar-refractivity contribution in [1.82, 2.24) is 10.2 Å². The summed E-state index contributed by atoms with van der Waals surface area (Å²) in [7, 11) is 0. The van der Waals surface area contributed by atoms with E-state index >= 15 is 0 Å². The van der Waals surface area contributed by atoms with Crippen molar-refractivity contribution in [2.75, 3.05) is 26.2 Å². The first kappa shape index (κ1) is 20.7. The summed E-state index contributed by atoms with van der Waals surface area (Å²) in [6, 6.07) is 3.42. The Balaban J connectivity index is 1.55. The predicted molar refractivity (Wildman–Crippen MR) is 105 cm³/mol. The lowest BCUT2D eigenvalue weighted by atomic mass is 9.94. The number of β-amino-alcohol motifs (C(OH)–C–C–N with tert-alkyl or cyclic N) is 1. The summed E-state index contributed by atoms with van der Waals surface area (Å²) in [6.45, 7) is 6.92. The highest BCUT2D eigenvalue weighted by Gasteiger charge is 2.33. The van der Waals surface area contributed by atoms with Crippen LogP contribution in [0.2, 0.25) is 5.02 Å². The monoisotopic (exact) mass is 410 g/mol. The number of aliphatic hydroxyl groups excluding tert-OH is 1. The number of aliphatic hydroxyl groups is 1. The fraction of sp³-hybridized carbons (Fsp3) is 0.600. The molecule has 0 aromatic heterocycles. The number of rotatable bonds is 3. The van der Waals surface area contributed by atoms with Crippen LogP contribution in [-0.2, 0) is 11.2 Å². The summed E-state index contributed by atoms with van der Waals surface area (Å²) >= 11 is 6.11. The molecule has 3 rings (SSSR count). The largest absolute Gasteiger partial charge is 0.492 e. The van der Waals surface area contributed by atoms with Gasteiger partial charge in [0.1, 0.15) is 11.4 Å². The van der Waals surface area contributed by atoms with Crippen molar-refractivity contribution in [2.45, 2.75) is 45.3 Å². The van der Waals surface area contributed by atoms with Crippen molar-refractivity contribution in [3.05, 3.63) is 28.3 Å². The maximum absolute atomic E-state index is 12.6. The van der Waals surface area contributed by atoms with E-state index in [0.29, 0.717) is 42.5 Å². The second kappa shape index (κ2) is 8.17. The Morgan fingerprint density at radius 3 is 2.82 bits per heavy atom. The number of benzene rings is 1. The van der Waals surface area contributed by atoms with Crippen LogP contribution < -0.4 is 10.1 Å². The zero-order valence-corrected chi connectivity index (χ0v) is 17.2. The van der Waals surface area contributed by atoms with Gasteiger partial charge in [0.05, 0.1) is 24.8 Å². The molecule has 2 atom stereocenters. The number of piperidine rings is 1. The number of hydrogen-bond acceptors (Lipinski definition) is 5. The fourth-order valence-electron chi connectivity index (χ4n) is 3.47. The zero-order chi connectivity index (χ0) is 20.5. The Morgan fingerprint density at radius 1 is 1.39 bits per heavy atom. The van der Waals surface area contributed by atoms with Gasteiger partial charge in [-0.25, -0.2) is 4.79 Å². The van der Waals surface area contributed by atoms with Crippen molar-refractivity contribution in [3.63, 3.8) is 0 Å².